The number of aliphatic carboxylic acids is 3. The Bertz CT molecular complexity index is 1380. The predicted octanol–water partition coefficient (Wildman–Crippen LogP) is 3.62. The number of unbranched alkanes of at least 4 members (excludes halogenated alkanes) is 6. The maximum absolute atomic E-state index is 12.9. The van der Waals surface area contributed by atoms with E-state index in [0.717, 1.165) is 37.7 Å². The van der Waals surface area contributed by atoms with Crippen molar-refractivity contribution in [1.29, 1.82) is 0 Å². The molecule has 0 unspecified atom stereocenters. The normalized spacial score (nSPS) is 28.2. The molecule has 2 aliphatic rings. The van der Waals surface area contributed by atoms with Crippen LogP contribution in [-0.4, -0.2) is 104 Å². The topological polar surface area (TPSA) is 233 Å². The van der Waals surface area contributed by atoms with Crippen molar-refractivity contribution in [3.63, 3.8) is 0 Å². The Labute approximate surface area is 290 Å². The first-order chi connectivity index (χ1) is 23.6. The first-order valence-electron chi connectivity index (χ1n) is 16.8. The molecule has 2 bridgehead atoms. The molecule has 1 aromatic carbocycles. The molecular weight excluding hydrogens is 660 g/mol. The van der Waals surface area contributed by atoms with Crippen LogP contribution in [0.4, 0.5) is 4.79 Å². The summed E-state index contributed by atoms with van der Waals surface area (Å²) >= 11 is 0. The van der Waals surface area contributed by atoms with E-state index >= 15 is 0 Å². The van der Waals surface area contributed by atoms with Gasteiger partial charge in [0.05, 0.1) is 6.61 Å². The average molecular weight is 709 g/mol. The highest BCUT2D eigenvalue weighted by Crippen LogP contribution is 2.56. The van der Waals surface area contributed by atoms with Crippen LogP contribution in [0.1, 0.15) is 84.1 Å². The third-order valence-electron chi connectivity index (χ3n) is 9.20. The van der Waals surface area contributed by atoms with Crippen LogP contribution in [0.2, 0.25) is 0 Å². The van der Waals surface area contributed by atoms with Crippen LogP contribution in [0.25, 0.3) is 0 Å². The van der Waals surface area contributed by atoms with Gasteiger partial charge in [-0.25, -0.2) is 19.2 Å². The number of carbonyl (C=O) groups excluding carboxylic acids is 2. The fourth-order valence-corrected chi connectivity index (χ4v) is 6.65. The molecule has 15 heteroatoms. The van der Waals surface area contributed by atoms with Crippen LogP contribution in [0, 0.1) is 5.92 Å². The molecule has 15 nitrogen and oxygen atoms in total. The molecule has 0 saturated carbocycles. The van der Waals surface area contributed by atoms with E-state index in [1.165, 1.54) is 6.92 Å². The fourth-order valence-electron chi connectivity index (χ4n) is 6.65. The third-order valence-corrected chi connectivity index (χ3v) is 9.20. The Balaban J connectivity index is 1.90. The molecule has 50 heavy (non-hydrogen) atoms. The predicted molar refractivity (Wildman–Crippen MR) is 173 cm³/mol. The van der Waals surface area contributed by atoms with Crippen molar-refractivity contribution < 1.29 is 73.2 Å². The van der Waals surface area contributed by atoms with Gasteiger partial charge in [-0.2, -0.15) is 0 Å². The number of carboxylic acid groups (broad SMARTS) is 3. The summed E-state index contributed by atoms with van der Waals surface area (Å²) < 4.78 is 26.9. The second-order valence-corrected chi connectivity index (χ2v) is 12.9. The monoisotopic (exact) mass is 708 g/mol. The van der Waals surface area contributed by atoms with Gasteiger partial charge < -0.3 is 49.2 Å². The van der Waals surface area contributed by atoms with E-state index in [9.17, 15) is 49.5 Å². The Morgan fingerprint density at radius 3 is 2.14 bits per heavy atom. The summed E-state index contributed by atoms with van der Waals surface area (Å²) in [4.78, 5) is 62.6. The largest absolute Gasteiger partial charge is 0.508 e. The summed E-state index contributed by atoms with van der Waals surface area (Å²) in [6.45, 7) is 8.94. The Hall–Kier alpha value is -4.05. The number of carbonyl (C=O) groups is 5. The fraction of sp³-hybridized carbons (Fsp3) is 0.629. The van der Waals surface area contributed by atoms with E-state index in [1.54, 1.807) is 6.92 Å². The minimum Gasteiger partial charge on any atom is -0.479 e. The molecule has 278 valence electrons. The minimum absolute atomic E-state index is 0.155. The Kier molecular flexibility index (Phi) is 13.9. The SMILES string of the molecule is C=C(CC[C@]12O[C@H](C(=O)O)[C@@](O)(C(=O)O)[C@](C(=O)O)(O1)[C@H](OC(=O)OCCCCCCCCC)[C@H]2O)[C@@H](OC(C)=O)[C@H](C)Cc1ccccc1. The van der Waals surface area contributed by atoms with E-state index in [4.69, 9.17) is 23.7 Å². The van der Waals surface area contributed by atoms with Gasteiger partial charge in [-0.3, -0.25) is 4.79 Å². The number of esters is 1. The lowest BCUT2D eigenvalue weighted by molar-refractivity contribution is -0.374. The van der Waals surface area contributed by atoms with Gasteiger partial charge in [0, 0.05) is 19.3 Å². The molecule has 5 N–H and O–H groups in total. The number of aliphatic hydroxyl groups is 2. The van der Waals surface area contributed by atoms with Crippen LogP contribution in [0.3, 0.4) is 0 Å². The van der Waals surface area contributed by atoms with Crippen LogP contribution >= 0.6 is 0 Å². The van der Waals surface area contributed by atoms with Gasteiger partial charge in [-0.15, -0.1) is 0 Å². The van der Waals surface area contributed by atoms with Crippen molar-refractivity contribution in [2.75, 3.05) is 6.61 Å². The van der Waals surface area contributed by atoms with Crippen molar-refractivity contribution in [3.8, 4) is 0 Å². The summed E-state index contributed by atoms with van der Waals surface area (Å²) in [7, 11) is 0. The summed E-state index contributed by atoms with van der Waals surface area (Å²) in [6, 6.07) is 9.27. The van der Waals surface area contributed by atoms with E-state index in [0.29, 0.717) is 19.3 Å². The third kappa shape index (κ3) is 8.45. The molecular formula is C35H48O15. The number of ether oxygens (including phenoxy) is 5. The Morgan fingerprint density at radius 1 is 0.960 bits per heavy atom. The highest BCUT2D eigenvalue weighted by molar-refractivity contribution is 5.98. The van der Waals surface area contributed by atoms with Crippen molar-refractivity contribution in [2.45, 2.75) is 126 Å². The van der Waals surface area contributed by atoms with E-state index in [1.807, 2.05) is 30.3 Å². The molecule has 2 heterocycles. The number of hydrogen-bond acceptors (Lipinski definition) is 12. The number of fused-ring (bicyclic) bond motifs is 2. The van der Waals surface area contributed by atoms with Gasteiger partial charge in [0.1, 0.15) is 12.2 Å². The minimum atomic E-state index is -3.92. The Morgan fingerprint density at radius 2 is 1.58 bits per heavy atom. The zero-order valence-corrected chi connectivity index (χ0v) is 28.6. The molecule has 2 aliphatic heterocycles. The molecule has 2 saturated heterocycles. The van der Waals surface area contributed by atoms with E-state index in [-0.39, 0.29) is 24.5 Å². The zero-order chi connectivity index (χ0) is 37.3. The second-order valence-electron chi connectivity index (χ2n) is 12.9. The van der Waals surface area contributed by atoms with E-state index in [2.05, 4.69) is 13.5 Å². The molecule has 3 rings (SSSR count). The van der Waals surface area contributed by atoms with Gasteiger partial charge in [-0.1, -0.05) is 89.3 Å². The number of benzene rings is 1. The zero-order valence-electron chi connectivity index (χ0n) is 28.6. The number of carboxylic acids is 3. The molecule has 1 aromatic rings. The highest BCUT2D eigenvalue weighted by atomic mass is 16.8. The lowest BCUT2D eigenvalue weighted by Crippen LogP contribution is -2.78. The number of rotatable bonds is 20. The summed E-state index contributed by atoms with van der Waals surface area (Å²) in [5.41, 5.74) is -6.34. The maximum Gasteiger partial charge on any atom is 0.508 e. The molecule has 0 aromatic heterocycles. The van der Waals surface area contributed by atoms with Crippen LogP contribution in [-0.2, 0) is 49.3 Å². The summed E-state index contributed by atoms with van der Waals surface area (Å²) in [6.07, 6.45) is -4.29. The quantitative estimate of drug-likeness (QED) is 0.0740. The first kappa shape index (κ1) is 40.4. The average Bonchev–Trinajstić information content (AvgIpc) is 3.27. The lowest BCUT2D eigenvalue weighted by Gasteiger charge is -2.48. The molecule has 2 fully saturated rings. The molecule has 0 aliphatic carbocycles. The maximum atomic E-state index is 12.9. The second kappa shape index (κ2) is 17.2. The van der Waals surface area contributed by atoms with Crippen LogP contribution in [0.5, 0.6) is 0 Å². The van der Waals surface area contributed by atoms with Crippen molar-refractivity contribution in [3.05, 3.63) is 48.0 Å². The van der Waals surface area contributed by atoms with Crippen molar-refractivity contribution >= 4 is 30.0 Å². The summed E-state index contributed by atoms with van der Waals surface area (Å²) in [5.74, 6) is -10.4. The summed E-state index contributed by atoms with van der Waals surface area (Å²) in [5, 5.41) is 53.4. The van der Waals surface area contributed by atoms with Crippen molar-refractivity contribution in [2.24, 2.45) is 5.92 Å². The van der Waals surface area contributed by atoms with Gasteiger partial charge in [0.15, 0.2) is 6.10 Å². The van der Waals surface area contributed by atoms with E-state index < -0.39 is 77.9 Å². The number of aliphatic hydroxyl groups excluding tert-OH is 1. The van der Waals surface area contributed by atoms with Crippen LogP contribution in [0.15, 0.2) is 42.5 Å². The van der Waals surface area contributed by atoms with Gasteiger partial charge in [0.25, 0.3) is 5.60 Å². The highest BCUT2D eigenvalue weighted by Gasteiger charge is 2.86. The van der Waals surface area contributed by atoms with Crippen molar-refractivity contribution in [1.82, 2.24) is 0 Å². The standard InChI is InChI=1S/C35H48O15/c1-5-6-7-8-9-10-14-19-46-32(44)48-27-26(37)33(49-28(29(38)39)34(45,30(40)41)35(27,50-33)31(42)43)18-17-21(2)25(47-23(4)36)22(3)20-24-15-12-11-13-16-24/h11-13,15-16,22,25-28,37,45H,2,5-10,14,17-20H2,1,3-4H3,(H,38,39)(H,40,41)(H,42,43)/t22-,25-,26-,27-,28-,33+,34-,35+/m1/s1. The van der Waals surface area contributed by atoms with Gasteiger partial charge in [-0.05, 0) is 30.4 Å². The molecule has 8 atom stereocenters. The molecule has 0 spiro atoms. The van der Waals surface area contributed by atoms with Gasteiger partial charge in [0.2, 0.25) is 17.5 Å². The van der Waals surface area contributed by atoms with Gasteiger partial charge >= 0.3 is 30.0 Å². The van der Waals surface area contributed by atoms with Crippen LogP contribution < -0.4 is 0 Å². The molecule has 0 radical (unpaired) electrons. The number of hydrogen-bond donors (Lipinski definition) is 5. The lowest BCUT2D eigenvalue weighted by atomic mass is 9.74. The molecule has 0 amide bonds. The smallest absolute Gasteiger partial charge is 0.479 e. The first-order valence-corrected chi connectivity index (χ1v) is 16.8.